The molecule has 30 valence electrons. The van der Waals surface area contributed by atoms with Gasteiger partial charge in [0.1, 0.15) is 0 Å². The fourth-order valence-corrected chi connectivity index (χ4v) is 0. The van der Waals surface area contributed by atoms with Crippen LogP contribution in [0.25, 0.3) is 0 Å². The fourth-order valence-electron chi connectivity index (χ4n) is 0. The average molecular weight is 465 g/mol. The molecule has 0 saturated heterocycles. The normalized spacial score (nSPS) is 5.60. The van der Waals surface area contributed by atoms with Crippen LogP contribution in [0.5, 0.6) is 0 Å². The summed E-state index contributed by atoms with van der Waals surface area (Å²) >= 11 is 4.01. The molecule has 0 unspecified atom stereocenters. The number of hydrogen-bond donors (Lipinski definition) is 0. The molecule has 0 bridgehead atoms. The van der Waals surface area contributed by atoms with Crippen LogP contribution in [0, 0.1) is 0 Å². The molecule has 0 rings (SSSR count). The number of hydrogen-bond acceptors (Lipinski definition) is 2. The first kappa shape index (κ1) is 10.9. The molecule has 0 aliphatic carbocycles. The summed E-state index contributed by atoms with van der Waals surface area (Å²) in [4.78, 5) is 0. The third kappa shape index (κ3) is 10.9. The first-order chi connectivity index (χ1) is 1.91. The molecule has 0 aromatic rings. The third-order valence-electron chi connectivity index (χ3n) is 0.0278. The van der Waals surface area contributed by atoms with Crippen LogP contribution in [-0.4, -0.2) is 27.3 Å². The Morgan fingerprint density at radius 2 is 1.20 bits per heavy atom. The molecule has 0 amide bonds. The Labute approximate surface area is 79.8 Å². The molecule has 0 atom stereocenters. The SMILES string of the molecule is [Mo][S][S][Mo].[PbH2]. The van der Waals surface area contributed by atoms with Crippen molar-refractivity contribution in [3.05, 3.63) is 0 Å². The monoisotopic (exact) mass is 470 g/mol. The Hall–Kier alpha value is 3.00. The summed E-state index contributed by atoms with van der Waals surface area (Å²) in [7, 11) is 3.58. The van der Waals surface area contributed by atoms with E-state index in [1.165, 1.54) is 0 Å². The van der Waals surface area contributed by atoms with Gasteiger partial charge in [0.25, 0.3) is 0 Å². The van der Waals surface area contributed by atoms with Crippen molar-refractivity contribution in [1.29, 1.82) is 0 Å². The van der Waals surface area contributed by atoms with Gasteiger partial charge in [0, 0.05) is 0 Å². The van der Waals surface area contributed by atoms with E-state index in [9.17, 15) is 0 Å². The van der Waals surface area contributed by atoms with Gasteiger partial charge in [-0.2, -0.15) is 0 Å². The van der Waals surface area contributed by atoms with E-state index in [-0.39, 0.29) is 27.3 Å². The van der Waals surface area contributed by atoms with Gasteiger partial charge < -0.3 is 0 Å². The fraction of sp³-hybridized carbons (Fsp3) is 0. The predicted molar refractivity (Wildman–Crippen MR) is 23.7 cm³/mol. The summed E-state index contributed by atoms with van der Waals surface area (Å²) in [6, 6.07) is 0. The molecular formula is H2Mo2PbS2. The first-order valence-corrected chi connectivity index (χ1v) is 7.42. The van der Waals surface area contributed by atoms with Crippen LogP contribution in [-0.2, 0) is 37.1 Å². The summed E-state index contributed by atoms with van der Waals surface area (Å²) in [5, 5.41) is 0. The molecule has 0 spiro atoms. The molecule has 0 aliphatic rings. The maximum absolute atomic E-state index is 2.01. The van der Waals surface area contributed by atoms with Gasteiger partial charge in [-0.05, 0) is 0 Å². The van der Waals surface area contributed by atoms with Crippen molar-refractivity contribution in [2.24, 2.45) is 0 Å². The van der Waals surface area contributed by atoms with Crippen molar-refractivity contribution < 1.29 is 37.1 Å². The molecule has 0 aliphatic heterocycles. The Morgan fingerprint density at radius 1 is 1.00 bits per heavy atom. The average Bonchev–Trinajstić information content (AvgIpc) is 1.37. The minimum atomic E-state index is 0. The molecular weight excluding hydrogens is 463 g/mol. The molecule has 0 fully saturated rings. The van der Waals surface area contributed by atoms with Crippen molar-refractivity contribution >= 4 is 44.3 Å². The molecule has 2 radical (unpaired) electrons. The van der Waals surface area contributed by atoms with Gasteiger partial charge in [-0.1, -0.05) is 0 Å². The second-order valence-electron chi connectivity index (χ2n) is 0.136. The van der Waals surface area contributed by atoms with E-state index in [4.69, 9.17) is 0 Å². The van der Waals surface area contributed by atoms with E-state index >= 15 is 0 Å². The van der Waals surface area contributed by atoms with Gasteiger partial charge in [0.05, 0.1) is 0 Å². The predicted octanol–water partition coefficient (Wildman–Crippen LogP) is 0.375. The second-order valence-corrected chi connectivity index (χ2v) is 7.25. The molecule has 0 aromatic carbocycles. The van der Waals surface area contributed by atoms with Crippen molar-refractivity contribution in [1.82, 2.24) is 0 Å². The van der Waals surface area contributed by atoms with E-state index in [1.807, 2.05) is 37.1 Å². The van der Waals surface area contributed by atoms with Crippen LogP contribution in [0.15, 0.2) is 0 Å². The first-order valence-electron chi connectivity index (χ1n) is 0.500. The summed E-state index contributed by atoms with van der Waals surface area (Å²) in [6.07, 6.45) is 0. The van der Waals surface area contributed by atoms with Crippen molar-refractivity contribution in [3.8, 4) is 0 Å². The van der Waals surface area contributed by atoms with Crippen LogP contribution in [0.2, 0.25) is 0 Å². The molecule has 0 N–H and O–H groups in total. The zero-order chi connectivity index (χ0) is 3.41. The summed E-state index contributed by atoms with van der Waals surface area (Å²) in [5.74, 6) is 0. The zero-order valence-electron chi connectivity index (χ0n) is 2.34. The van der Waals surface area contributed by atoms with E-state index in [2.05, 4.69) is 0 Å². The Bertz CT molecular complexity index is 9.61. The van der Waals surface area contributed by atoms with Crippen LogP contribution >= 0.6 is 17.0 Å². The van der Waals surface area contributed by atoms with E-state index < -0.39 is 0 Å². The molecule has 0 saturated carbocycles. The van der Waals surface area contributed by atoms with Gasteiger partial charge in [0.2, 0.25) is 0 Å². The van der Waals surface area contributed by atoms with Gasteiger partial charge in [-0.25, -0.2) is 0 Å². The van der Waals surface area contributed by atoms with E-state index in [1.54, 1.807) is 17.0 Å². The molecule has 0 nitrogen and oxygen atoms in total. The van der Waals surface area contributed by atoms with Crippen LogP contribution in [0.1, 0.15) is 0 Å². The summed E-state index contributed by atoms with van der Waals surface area (Å²) < 4.78 is 0. The zero-order valence-corrected chi connectivity index (χ0v) is 13.5. The third-order valence-corrected chi connectivity index (χ3v) is 8.75. The maximum atomic E-state index is 2.01. The van der Waals surface area contributed by atoms with Gasteiger partial charge >= 0.3 is 81.4 Å². The Morgan fingerprint density at radius 3 is 1.20 bits per heavy atom. The standard InChI is InChI=1S/2Mo.Pb.S2.2H/c;;;1-2;;/q2*+1;;-2;;. The second kappa shape index (κ2) is 10.1. The Balaban J connectivity index is 0. The van der Waals surface area contributed by atoms with Crippen molar-refractivity contribution in [3.63, 3.8) is 0 Å². The minimum absolute atomic E-state index is 0. The molecule has 0 aromatic heterocycles. The van der Waals surface area contributed by atoms with E-state index in [0.717, 1.165) is 0 Å². The summed E-state index contributed by atoms with van der Waals surface area (Å²) in [5.41, 5.74) is 0. The van der Waals surface area contributed by atoms with Crippen LogP contribution in [0.4, 0.5) is 0 Å². The van der Waals surface area contributed by atoms with Gasteiger partial charge in [0.15, 0.2) is 0 Å². The topological polar surface area (TPSA) is 0 Å². The van der Waals surface area contributed by atoms with E-state index in [0.29, 0.717) is 0 Å². The summed E-state index contributed by atoms with van der Waals surface area (Å²) in [6.45, 7) is 0. The number of rotatable bonds is 1. The van der Waals surface area contributed by atoms with Gasteiger partial charge in [-0.3, -0.25) is 0 Å². The van der Waals surface area contributed by atoms with Crippen molar-refractivity contribution in [2.45, 2.75) is 0 Å². The Kier molecular flexibility index (Phi) is 21.9. The quantitative estimate of drug-likeness (QED) is 0.406. The van der Waals surface area contributed by atoms with Crippen LogP contribution in [0.3, 0.4) is 0 Å². The van der Waals surface area contributed by atoms with Gasteiger partial charge in [-0.15, -0.1) is 0 Å². The van der Waals surface area contributed by atoms with Crippen molar-refractivity contribution in [2.75, 3.05) is 0 Å². The van der Waals surface area contributed by atoms with Crippen LogP contribution < -0.4 is 0 Å². The molecule has 5 heteroatoms. The molecule has 0 heterocycles. The molecule has 5 heavy (non-hydrogen) atoms.